The molecule has 0 N–H and O–H groups in total. The minimum absolute atomic E-state index is 0.205. The molecular weight excluding hydrogens is 176 g/mol. The fourth-order valence-electron chi connectivity index (χ4n) is 2.09. The monoisotopic (exact) mass is 190 g/mol. The molecule has 1 atom stereocenters. The summed E-state index contributed by atoms with van der Waals surface area (Å²) in [5.74, 6) is 0. The molecule has 2 rings (SSSR count). The topological polar surface area (TPSA) is 0 Å². The van der Waals surface area contributed by atoms with E-state index in [0.717, 1.165) is 5.54 Å². The third-order valence-corrected chi connectivity index (χ3v) is 7.06. The Balaban J connectivity index is 2.50. The van der Waals surface area contributed by atoms with Crippen LogP contribution < -0.4 is 0 Å². The van der Waals surface area contributed by atoms with Crippen molar-refractivity contribution in [2.45, 2.75) is 12.5 Å². The lowest BCUT2D eigenvalue weighted by molar-refractivity contribution is 1.14. The Labute approximate surface area is 78.7 Å². The summed E-state index contributed by atoms with van der Waals surface area (Å²) in [7, 11) is 1.64. The van der Waals surface area contributed by atoms with Crippen molar-refractivity contribution in [2.24, 2.45) is 0 Å². The lowest BCUT2D eigenvalue weighted by Gasteiger charge is -2.10. The van der Waals surface area contributed by atoms with Crippen LogP contribution in [-0.4, -0.2) is 18.8 Å². The van der Waals surface area contributed by atoms with E-state index in [-0.39, 0.29) is 9.04 Å². The van der Waals surface area contributed by atoms with Crippen LogP contribution in [0, 0.1) is 0 Å². The maximum absolute atomic E-state index is 2.37. The molecule has 2 heteroatoms. The second-order valence-corrected chi connectivity index (χ2v) is 7.56. The highest BCUT2D eigenvalue weighted by molar-refractivity contribution is 6.90. The third-order valence-electron chi connectivity index (χ3n) is 2.71. The van der Waals surface area contributed by atoms with Gasteiger partial charge in [0, 0.05) is 9.04 Å². The molecule has 0 saturated heterocycles. The van der Waals surface area contributed by atoms with Gasteiger partial charge in [0.25, 0.3) is 0 Å². The van der Waals surface area contributed by atoms with Crippen molar-refractivity contribution < 1.29 is 0 Å². The second kappa shape index (κ2) is 3.03. The fourth-order valence-corrected chi connectivity index (χ4v) is 6.92. The zero-order chi connectivity index (χ0) is 8.55. The molecule has 1 aliphatic carbocycles. The summed E-state index contributed by atoms with van der Waals surface area (Å²) in [6, 6.07) is 8.85. The van der Waals surface area contributed by atoms with Crippen molar-refractivity contribution in [3.63, 3.8) is 0 Å². The van der Waals surface area contributed by atoms with Gasteiger partial charge in [0.15, 0.2) is 0 Å². The van der Waals surface area contributed by atoms with Gasteiger partial charge >= 0.3 is 0 Å². The van der Waals surface area contributed by atoms with E-state index in [0.29, 0.717) is 0 Å². The first-order valence-corrected chi connectivity index (χ1v) is 11.1. The Morgan fingerprint density at radius 3 is 2.83 bits per heavy atom. The molecule has 0 radical (unpaired) electrons. The number of rotatable bonds is 1. The zero-order valence-corrected chi connectivity index (χ0v) is 11.1. The van der Waals surface area contributed by atoms with Crippen LogP contribution in [0.1, 0.15) is 23.6 Å². The number of hydrogen-bond donors (Lipinski definition) is 0. The smallest absolute Gasteiger partial charge is 0.0185 e. The average molecular weight is 190 g/mol. The Hall–Kier alpha value is -0.606. The molecule has 1 aliphatic rings. The van der Waals surface area contributed by atoms with Gasteiger partial charge in [0.05, 0.1) is 0 Å². The molecule has 1 unspecified atom stereocenters. The molecule has 0 fully saturated rings. The van der Waals surface area contributed by atoms with Gasteiger partial charge in [-0.05, 0) is 33.4 Å². The lowest BCUT2D eigenvalue weighted by Crippen LogP contribution is -2.06. The van der Waals surface area contributed by atoms with Gasteiger partial charge in [-0.2, -0.15) is 0 Å². The van der Waals surface area contributed by atoms with Crippen molar-refractivity contribution >= 4 is 24.9 Å². The van der Waals surface area contributed by atoms with E-state index < -0.39 is 0 Å². The molecule has 12 heavy (non-hydrogen) atoms. The van der Waals surface area contributed by atoms with Gasteiger partial charge in [0.2, 0.25) is 0 Å². The minimum Gasteiger partial charge on any atom is -0.0689 e. The normalized spacial score (nSPS) is 21.8. The third kappa shape index (κ3) is 1.11. The predicted molar refractivity (Wildman–Crippen MR) is 61.3 cm³/mol. The molecule has 0 heterocycles. The predicted octanol–water partition coefficient (Wildman–Crippen LogP) is 0.594. The van der Waals surface area contributed by atoms with E-state index in [2.05, 4.69) is 37.3 Å². The quantitative estimate of drug-likeness (QED) is 0.569. The highest BCUT2D eigenvalue weighted by Gasteiger charge is 2.19. The molecule has 0 aliphatic heterocycles. The van der Waals surface area contributed by atoms with Crippen molar-refractivity contribution in [1.29, 1.82) is 0 Å². The van der Waals surface area contributed by atoms with Crippen LogP contribution >= 0.6 is 0 Å². The molecule has 0 nitrogen and oxygen atoms in total. The number of hydrogen-bond acceptors (Lipinski definition) is 0. The van der Waals surface area contributed by atoms with Gasteiger partial charge in [0.1, 0.15) is 0 Å². The number of fused-ring (bicyclic) bond motifs is 1. The van der Waals surface area contributed by atoms with Gasteiger partial charge in [-0.25, -0.2) is 0 Å². The van der Waals surface area contributed by atoms with E-state index >= 15 is 0 Å². The van der Waals surface area contributed by atoms with Crippen LogP contribution in [0.25, 0.3) is 6.08 Å². The fraction of sp³-hybridized carbons (Fsp3) is 0.200. The summed E-state index contributed by atoms with van der Waals surface area (Å²) >= 11 is 0. The molecule has 0 aromatic heterocycles. The zero-order valence-electron chi connectivity index (χ0n) is 7.67. The Morgan fingerprint density at radius 2 is 2.08 bits per heavy atom. The van der Waals surface area contributed by atoms with E-state index in [9.17, 15) is 0 Å². The Kier molecular flexibility index (Phi) is 2.02. The van der Waals surface area contributed by atoms with Gasteiger partial charge in [-0.1, -0.05) is 35.9 Å². The lowest BCUT2D eigenvalue weighted by atomic mass is 10.1. The average Bonchev–Trinajstić information content (AvgIpc) is 2.40. The molecule has 1 aromatic rings. The summed E-state index contributed by atoms with van der Waals surface area (Å²) in [5, 5.41) is 0. The summed E-state index contributed by atoms with van der Waals surface area (Å²) < 4.78 is 0. The first kappa shape index (κ1) is 8.01. The Bertz CT molecular complexity index is 328. The minimum atomic E-state index is 0.205. The summed E-state index contributed by atoms with van der Waals surface area (Å²) in [6.45, 7) is 2.29. The summed E-state index contributed by atoms with van der Waals surface area (Å²) in [4.78, 5) is 0. The van der Waals surface area contributed by atoms with Gasteiger partial charge in [-0.15, -0.1) is 0 Å². The van der Waals surface area contributed by atoms with E-state index in [1.165, 1.54) is 15.3 Å². The van der Waals surface area contributed by atoms with E-state index in [1.807, 2.05) is 0 Å². The highest BCUT2D eigenvalue weighted by Crippen LogP contribution is 2.34. The number of allylic oxidation sites excluding steroid dienone is 1. The maximum Gasteiger partial charge on any atom is 0.0185 e. The van der Waals surface area contributed by atoms with Gasteiger partial charge in [-0.3, -0.25) is 0 Å². The van der Waals surface area contributed by atoms with Crippen molar-refractivity contribution in [3.05, 3.63) is 41.0 Å². The molecule has 62 valence electrons. The summed E-state index contributed by atoms with van der Waals surface area (Å²) in [6.07, 6.45) is 2.37. The first-order chi connectivity index (χ1) is 5.83. The molecule has 1 aromatic carbocycles. The first-order valence-electron chi connectivity index (χ1n) is 4.60. The van der Waals surface area contributed by atoms with E-state index in [4.69, 9.17) is 0 Å². The SMILES string of the molecule is CC1=Cc2ccccc2C1[SiH2][SiH3]. The van der Waals surface area contributed by atoms with Crippen LogP contribution in [0.4, 0.5) is 0 Å². The Morgan fingerprint density at radius 1 is 1.33 bits per heavy atom. The standard InChI is InChI=1S/C10H14Si2/c1-7-6-8-4-2-3-5-9(8)10(7)12-11/h2-6,10H,12H2,1,11H3. The van der Waals surface area contributed by atoms with Gasteiger partial charge < -0.3 is 0 Å². The molecule has 0 spiro atoms. The van der Waals surface area contributed by atoms with Crippen LogP contribution in [0.2, 0.25) is 0 Å². The van der Waals surface area contributed by atoms with Crippen molar-refractivity contribution in [2.75, 3.05) is 0 Å². The van der Waals surface area contributed by atoms with Crippen molar-refractivity contribution in [1.82, 2.24) is 0 Å². The van der Waals surface area contributed by atoms with Crippen LogP contribution in [0.3, 0.4) is 0 Å². The second-order valence-electron chi connectivity index (χ2n) is 3.48. The molecule has 0 bridgehead atoms. The number of benzene rings is 1. The molecule has 0 amide bonds. The largest absolute Gasteiger partial charge is 0.0689 e. The molecule has 0 saturated carbocycles. The van der Waals surface area contributed by atoms with Crippen LogP contribution in [-0.2, 0) is 0 Å². The highest BCUT2D eigenvalue weighted by atomic mass is 29.1. The summed E-state index contributed by atoms with van der Waals surface area (Å²) in [5.41, 5.74) is 5.57. The van der Waals surface area contributed by atoms with Crippen LogP contribution in [0.5, 0.6) is 0 Å². The maximum atomic E-state index is 2.37. The molecular formula is C10H14Si2. The van der Waals surface area contributed by atoms with Crippen molar-refractivity contribution in [3.8, 4) is 0 Å². The van der Waals surface area contributed by atoms with E-state index in [1.54, 1.807) is 11.1 Å². The van der Waals surface area contributed by atoms with Crippen LogP contribution in [0.15, 0.2) is 29.8 Å².